The van der Waals surface area contributed by atoms with Crippen LogP contribution >= 0.6 is 0 Å². The van der Waals surface area contributed by atoms with Crippen LogP contribution in [0.5, 0.6) is 5.75 Å². The number of carbonyl (C=O) groups excluding carboxylic acids is 1. The van der Waals surface area contributed by atoms with Crippen molar-refractivity contribution in [2.45, 2.75) is 18.8 Å². The second-order valence-corrected chi connectivity index (χ2v) is 6.57. The molecular formula is C22H19F3N2O3. The van der Waals surface area contributed by atoms with Gasteiger partial charge in [-0.05, 0) is 29.3 Å². The highest BCUT2D eigenvalue weighted by Crippen LogP contribution is 2.28. The maximum absolute atomic E-state index is 12.9. The Morgan fingerprint density at radius 2 is 1.63 bits per heavy atom. The molecule has 5 nitrogen and oxygen atoms in total. The Labute approximate surface area is 170 Å². The van der Waals surface area contributed by atoms with E-state index < -0.39 is 35.8 Å². The van der Waals surface area contributed by atoms with Gasteiger partial charge in [-0.2, -0.15) is 13.2 Å². The summed E-state index contributed by atoms with van der Waals surface area (Å²) in [6.07, 6.45) is -3.96. The zero-order valence-corrected chi connectivity index (χ0v) is 16.0. The molecule has 1 N–H and O–H groups in total. The summed E-state index contributed by atoms with van der Waals surface area (Å²) in [6.45, 7) is -0.539. The molecule has 3 aromatic rings. The highest BCUT2D eigenvalue weighted by Gasteiger charge is 2.31. The number of rotatable bonds is 6. The molecule has 0 aliphatic carbocycles. The summed E-state index contributed by atoms with van der Waals surface area (Å²) >= 11 is 0. The van der Waals surface area contributed by atoms with Gasteiger partial charge in [0.1, 0.15) is 12.3 Å². The third-order valence-electron chi connectivity index (χ3n) is 4.51. The van der Waals surface area contributed by atoms with Crippen LogP contribution in [0.3, 0.4) is 0 Å². The SMILES string of the molecule is COc1ccc(C(NC(=O)Cn2cc(C(F)(F)F)ccc2=O)c2ccccc2)cc1. The van der Waals surface area contributed by atoms with Crippen LogP contribution in [-0.2, 0) is 17.5 Å². The van der Waals surface area contributed by atoms with Gasteiger partial charge in [0.05, 0.1) is 18.7 Å². The fourth-order valence-electron chi connectivity index (χ4n) is 2.98. The summed E-state index contributed by atoms with van der Waals surface area (Å²) in [7, 11) is 1.54. The van der Waals surface area contributed by atoms with Crippen LogP contribution in [0, 0.1) is 0 Å². The molecule has 8 heteroatoms. The third-order valence-corrected chi connectivity index (χ3v) is 4.51. The first kappa shape index (κ1) is 21.2. The van der Waals surface area contributed by atoms with Crippen molar-refractivity contribution in [2.24, 2.45) is 0 Å². The molecular weight excluding hydrogens is 397 g/mol. The van der Waals surface area contributed by atoms with Gasteiger partial charge in [0.2, 0.25) is 5.91 Å². The van der Waals surface area contributed by atoms with E-state index in [0.717, 1.165) is 21.8 Å². The maximum Gasteiger partial charge on any atom is 0.417 e. The van der Waals surface area contributed by atoms with Crippen LogP contribution in [0.2, 0.25) is 0 Å². The molecule has 0 bridgehead atoms. The Bertz CT molecular complexity index is 1060. The lowest BCUT2D eigenvalue weighted by Crippen LogP contribution is -2.35. The van der Waals surface area contributed by atoms with Gasteiger partial charge in [-0.15, -0.1) is 0 Å². The standard InChI is InChI=1S/C22H19F3N2O3/c1-30-18-10-7-16(8-11-18)21(15-5-3-2-4-6-15)26-19(28)14-27-13-17(22(23,24)25)9-12-20(27)29/h2-13,21H,14H2,1H3,(H,26,28). The van der Waals surface area contributed by atoms with Gasteiger partial charge in [0.15, 0.2) is 0 Å². The van der Waals surface area contributed by atoms with E-state index in [1.54, 1.807) is 24.3 Å². The van der Waals surface area contributed by atoms with Crippen LogP contribution in [0.1, 0.15) is 22.7 Å². The number of alkyl halides is 3. The number of pyridine rings is 1. The zero-order chi connectivity index (χ0) is 21.7. The molecule has 30 heavy (non-hydrogen) atoms. The molecule has 1 unspecified atom stereocenters. The first-order chi connectivity index (χ1) is 14.3. The minimum absolute atomic E-state index is 0.539. The molecule has 0 aliphatic rings. The molecule has 0 radical (unpaired) electrons. The molecule has 0 aliphatic heterocycles. The number of ether oxygens (including phenoxy) is 1. The van der Waals surface area contributed by atoms with Crippen molar-refractivity contribution in [3.63, 3.8) is 0 Å². The van der Waals surface area contributed by atoms with Crippen LogP contribution < -0.4 is 15.6 Å². The number of carbonyl (C=O) groups is 1. The Balaban J connectivity index is 1.86. The fraction of sp³-hybridized carbons (Fsp3) is 0.182. The van der Waals surface area contributed by atoms with E-state index in [1.807, 2.05) is 30.3 Å². The number of aromatic nitrogens is 1. The first-order valence-electron chi connectivity index (χ1n) is 9.04. The number of benzene rings is 2. The molecule has 0 fully saturated rings. The van der Waals surface area contributed by atoms with E-state index in [0.29, 0.717) is 18.0 Å². The molecule has 1 heterocycles. The van der Waals surface area contributed by atoms with Gasteiger partial charge in [-0.1, -0.05) is 42.5 Å². The molecule has 156 valence electrons. The minimum Gasteiger partial charge on any atom is -0.497 e. The predicted octanol–water partition coefficient (Wildman–Crippen LogP) is 3.78. The quantitative estimate of drug-likeness (QED) is 0.665. The summed E-state index contributed by atoms with van der Waals surface area (Å²) in [5, 5.41) is 2.80. The number of methoxy groups -OCH3 is 1. The van der Waals surface area contributed by atoms with E-state index in [1.165, 1.54) is 7.11 Å². The fourth-order valence-corrected chi connectivity index (χ4v) is 2.98. The molecule has 0 saturated carbocycles. The molecule has 0 saturated heterocycles. The molecule has 0 spiro atoms. The smallest absolute Gasteiger partial charge is 0.417 e. The van der Waals surface area contributed by atoms with E-state index in [-0.39, 0.29) is 0 Å². The largest absolute Gasteiger partial charge is 0.497 e. The van der Waals surface area contributed by atoms with Crippen molar-refractivity contribution in [1.29, 1.82) is 0 Å². The Morgan fingerprint density at radius 1 is 1.00 bits per heavy atom. The van der Waals surface area contributed by atoms with E-state index >= 15 is 0 Å². The van der Waals surface area contributed by atoms with E-state index in [9.17, 15) is 22.8 Å². The Kier molecular flexibility index (Phi) is 6.25. The number of hydrogen-bond donors (Lipinski definition) is 1. The van der Waals surface area contributed by atoms with E-state index in [2.05, 4.69) is 5.32 Å². The lowest BCUT2D eigenvalue weighted by atomic mass is 9.98. The average Bonchev–Trinajstić information content (AvgIpc) is 2.73. The van der Waals surface area contributed by atoms with Crippen molar-refractivity contribution in [3.8, 4) is 5.75 Å². The van der Waals surface area contributed by atoms with Gasteiger partial charge in [0, 0.05) is 12.3 Å². The molecule has 3 rings (SSSR count). The van der Waals surface area contributed by atoms with Crippen LogP contribution in [-0.4, -0.2) is 17.6 Å². The zero-order valence-electron chi connectivity index (χ0n) is 16.0. The van der Waals surface area contributed by atoms with Crippen molar-refractivity contribution in [1.82, 2.24) is 9.88 Å². The lowest BCUT2D eigenvalue weighted by molar-refractivity contribution is -0.138. The second kappa shape index (κ2) is 8.86. The highest BCUT2D eigenvalue weighted by atomic mass is 19.4. The predicted molar refractivity (Wildman–Crippen MR) is 105 cm³/mol. The highest BCUT2D eigenvalue weighted by molar-refractivity contribution is 5.76. The number of amides is 1. The Morgan fingerprint density at radius 3 is 2.23 bits per heavy atom. The summed E-state index contributed by atoms with van der Waals surface area (Å²) in [5.74, 6) is 0.0495. The van der Waals surface area contributed by atoms with Gasteiger partial charge in [0.25, 0.3) is 5.56 Å². The van der Waals surface area contributed by atoms with Gasteiger partial charge in [-0.25, -0.2) is 0 Å². The van der Waals surface area contributed by atoms with Gasteiger partial charge >= 0.3 is 6.18 Å². The Hall–Kier alpha value is -3.55. The second-order valence-electron chi connectivity index (χ2n) is 6.57. The number of nitrogens with zero attached hydrogens (tertiary/aromatic N) is 1. The minimum atomic E-state index is -4.61. The number of hydrogen-bond acceptors (Lipinski definition) is 3. The normalized spacial score (nSPS) is 12.3. The monoisotopic (exact) mass is 416 g/mol. The van der Waals surface area contributed by atoms with Gasteiger partial charge in [-0.3, -0.25) is 9.59 Å². The third kappa shape index (κ3) is 5.08. The van der Waals surface area contributed by atoms with Crippen LogP contribution in [0.15, 0.2) is 77.7 Å². The maximum atomic E-state index is 12.9. The van der Waals surface area contributed by atoms with Crippen LogP contribution in [0.4, 0.5) is 13.2 Å². The van der Waals surface area contributed by atoms with E-state index in [4.69, 9.17) is 4.74 Å². The topological polar surface area (TPSA) is 60.3 Å². The summed E-state index contributed by atoms with van der Waals surface area (Å²) < 4.78 is 44.7. The average molecular weight is 416 g/mol. The summed E-state index contributed by atoms with van der Waals surface area (Å²) in [4.78, 5) is 24.6. The first-order valence-corrected chi connectivity index (χ1v) is 9.04. The summed E-state index contributed by atoms with van der Waals surface area (Å²) in [6, 6.07) is 17.1. The van der Waals surface area contributed by atoms with Gasteiger partial charge < -0.3 is 14.6 Å². The van der Waals surface area contributed by atoms with Crippen molar-refractivity contribution < 1.29 is 22.7 Å². The van der Waals surface area contributed by atoms with Crippen molar-refractivity contribution in [3.05, 3.63) is 100.0 Å². The summed E-state index contributed by atoms with van der Waals surface area (Å²) in [5.41, 5.74) is -0.150. The number of halogens is 3. The molecule has 1 aromatic heterocycles. The molecule has 1 amide bonds. The van der Waals surface area contributed by atoms with Crippen molar-refractivity contribution in [2.75, 3.05) is 7.11 Å². The molecule has 2 aromatic carbocycles. The number of nitrogens with one attached hydrogen (secondary N) is 1. The van der Waals surface area contributed by atoms with Crippen molar-refractivity contribution >= 4 is 5.91 Å². The molecule has 1 atom stereocenters. The lowest BCUT2D eigenvalue weighted by Gasteiger charge is -2.21. The van der Waals surface area contributed by atoms with Crippen LogP contribution in [0.25, 0.3) is 0 Å².